The van der Waals surface area contributed by atoms with E-state index in [4.69, 9.17) is 10.00 Å². The lowest BCUT2D eigenvalue weighted by atomic mass is 9.97. The van der Waals surface area contributed by atoms with Gasteiger partial charge in [-0.1, -0.05) is 18.2 Å². The Morgan fingerprint density at radius 2 is 2.15 bits per heavy atom. The van der Waals surface area contributed by atoms with Gasteiger partial charge in [0.15, 0.2) is 0 Å². The number of carbonyl (C=O) groups excluding carboxylic acids is 1. The van der Waals surface area contributed by atoms with Crippen LogP contribution >= 0.6 is 0 Å². The van der Waals surface area contributed by atoms with Crippen LogP contribution in [0.3, 0.4) is 0 Å². The fraction of sp³-hybridized carbons (Fsp3) is 0.250. The molecule has 0 saturated heterocycles. The molecule has 1 unspecified atom stereocenters. The van der Waals surface area contributed by atoms with E-state index in [1.807, 2.05) is 12.2 Å². The van der Waals surface area contributed by atoms with E-state index in [0.29, 0.717) is 17.7 Å². The van der Waals surface area contributed by atoms with Crippen LogP contribution in [0.25, 0.3) is 0 Å². The highest BCUT2D eigenvalue weighted by Gasteiger charge is 2.14. The van der Waals surface area contributed by atoms with Gasteiger partial charge in [0, 0.05) is 5.92 Å². The van der Waals surface area contributed by atoms with E-state index >= 15 is 0 Å². The molecule has 2 rings (SSSR count). The Kier molecular flexibility index (Phi) is 4.56. The van der Waals surface area contributed by atoms with Gasteiger partial charge in [0.2, 0.25) is 0 Å². The average molecular weight is 269 g/mol. The van der Waals surface area contributed by atoms with Crippen molar-refractivity contribution in [1.29, 1.82) is 5.26 Å². The Morgan fingerprint density at radius 3 is 2.70 bits per heavy atom. The van der Waals surface area contributed by atoms with Crippen LogP contribution in [0.4, 0.5) is 0 Å². The number of esters is 1. The van der Waals surface area contributed by atoms with Crippen LogP contribution in [0.15, 0.2) is 48.1 Å². The molecule has 0 radical (unpaired) electrons. The number of nitrogens with zero attached hydrogens (tertiary/aromatic N) is 1. The lowest BCUT2D eigenvalue weighted by Crippen LogP contribution is -2.13. The monoisotopic (exact) mass is 269 g/mol. The summed E-state index contributed by atoms with van der Waals surface area (Å²) in [7, 11) is 1.37. The Balaban J connectivity index is 1.85. The molecule has 4 nitrogen and oxygen atoms in total. The predicted molar refractivity (Wildman–Crippen MR) is 74.0 cm³/mol. The van der Waals surface area contributed by atoms with E-state index in [2.05, 4.69) is 10.8 Å². The molecule has 20 heavy (non-hydrogen) atoms. The van der Waals surface area contributed by atoms with Gasteiger partial charge in [0.1, 0.15) is 5.75 Å². The van der Waals surface area contributed by atoms with Gasteiger partial charge in [-0.2, -0.15) is 5.26 Å². The summed E-state index contributed by atoms with van der Waals surface area (Å²) >= 11 is 0. The molecule has 0 fully saturated rings. The maximum atomic E-state index is 11.3. The minimum Gasteiger partial charge on any atom is -0.493 e. The zero-order valence-electron chi connectivity index (χ0n) is 11.2. The van der Waals surface area contributed by atoms with Gasteiger partial charge < -0.3 is 9.47 Å². The molecular weight excluding hydrogens is 254 g/mol. The van der Waals surface area contributed by atoms with Gasteiger partial charge in [-0.15, -0.1) is 0 Å². The number of rotatable bonds is 4. The van der Waals surface area contributed by atoms with Crippen molar-refractivity contribution in [3.63, 3.8) is 0 Å². The van der Waals surface area contributed by atoms with E-state index in [0.717, 1.165) is 12.2 Å². The van der Waals surface area contributed by atoms with Gasteiger partial charge in [-0.05, 0) is 30.7 Å². The van der Waals surface area contributed by atoms with Crippen LogP contribution in [0.1, 0.15) is 12.0 Å². The minimum absolute atomic E-state index is 0.235. The van der Waals surface area contributed by atoms with Crippen LogP contribution < -0.4 is 4.74 Å². The van der Waals surface area contributed by atoms with Crippen molar-refractivity contribution < 1.29 is 14.3 Å². The molecule has 0 spiro atoms. The molecule has 1 aliphatic rings. The largest absolute Gasteiger partial charge is 0.493 e. The van der Waals surface area contributed by atoms with E-state index in [9.17, 15) is 4.79 Å². The first-order chi connectivity index (χ1) is 9.72. The summed E-state index contributed by atoms with van der Waals surface area (Å²) in [6, 6.07) is 9.07. The van der Waals surface area contributed by atoms with Crippen LogP contribution in [0.5, 0.6) is 5.75 Å². The number of benzene rings is 1. The predicted octanol–water partition coefficient (Wildman–Crippen LogP) is 2.61. The van der Waals surface area contributed by atoms with Gasteiger partial charge in [0.25, 0.3) is 0 Å². The van der Waals surface area contributed by atoms with E-state index in [1.54, 1.807) is 30.3 Å². The molecule has 1 aromatic rings. The fourth-order valence-electron chi connectivity index (χ4n) is 1.89. The summed E-state index contributed by atoms with van der Waals surface area (Å²) in [5.41, 5.74) is 1.20. The van der Waals surface area contributed by atoms with Crippen molar-refractivity contribution in [2.45, 2.75) is 6.42 Å². The number of ether oxygens (including phenoxy) is 2. The lowest BCUT2D eigenvalue weighted by Gasteiger charge is -2.16. The number of methoxy groups -OCH3 is 1. The number of carbonyl (C=O) groups is 1. The molecule has 1 aromatic carbocycles. The Labute approximate surface area is 117 Å². The quantitative estimate of drug-likeness (QED) is 0.788. The molecule has 0 amide bonds. The van der Waals surface area contributed by atoms with Crippen LogP contribution in [0.2, 0.25) is 0 Å². The average Bonchev–Trinajstić information content (AvgIpc) is 2.53. The van der Waals surface area contributed by atoms with Crippen LogP contribution in [-0.2, 0) is 9.53 Å². The Morgan fingerprint density at radius 1 is 1.40 bits per heavy atom. The van der Waals surface area contributed by atoms with Crippen molar-refractivity contribution in [2.75, 3.05) is 13.7 Å². The highest BCUT2D eigenvalue weighted by molar-refractivity contribution is 5.91. The molecule has 0 aromatic heterocycles. The van der Waals surface area contributed by atoms with E-state index in [-0.39, 0.29) is 11.9 Å². The SMILES string of the molecule is COC(=O)C1=CCC(COc2ccc(C#N)cc2)C=C1. The number of hydrogen-bond donors (Lipinski definition) is 0. The van der Waals surface area contributed by atoms with Gasteiger partial charge in [0.05, 0.1) is 30.9 Å². The summed E-state index contributed by atoms with van der Waals surface area (Å²) in [5, 5.41) is 8.71. The third-order valence-electron chi connectivity index (χ3n) is 3.06. The molecular formula is C16H15NO3. The summed E-state index contributed by atoms with van der Waals surface area (Å²) in [6.07, 6.45) is 6.33. The van der Waals surface area contributed by atoms with Crippen LogP contribution in [-0.4, -0.2) is 19.7 Å². The molecule has 0 heterocycles. The summed E-state index contributed by atoms with van der Waals surface area (Å²) < 4.78 is 10.3. The highest BCUT2D eigenvalue weighted by atomic mass is 16.5. The third kappa shape index (κ3) is 3.48. The zero-order valence-corrected chi connectivity index (χ0v) is 11.2. The number of allylic oxidation sites excluding steroid dienone is 1. The van der Waals surface area contributed by atoms with Crippen molar-refractivity contribution in [3.8, 4) is 11.8 Å². The summed E-state index contributed by atoms with van der Waals surface area (Å²) in [4.78, 5) is 11.3. The Hall–Kier alpha value is -2.54. The molecule has 102 valence electrons. The first-order valence-electron chi connectivity index (χ1n) is 6.32. The van der Waals surface area contributed by atoms with Crippen molar-refractivity contribution in [3.05, 3.63) is 53.6 Å². The van der Waals surface area contributed by atoms with Gasteiger partial charge in [-0.25, -0.2) is 4.79 Å². The van der Waals surface area contributed by atoms with Crippen molar-refractivity contribution in [1.82, 2.24) is 0 Å². The summed E-state index contributed by atoms with van der Waals surface area (Å²) in [5.74, 6) is 0.659. The van der Waals surface area contributed by atoms with Crippen LogP contribution in [0, 0.1) is 17.2 Å². The lowest BCUT2D eigenvalue weighted by molar-refractivity contribution is -0.135. The first-order valence-corrected chi connectivity index (χ1v) is 6.32. The maximum absolute atomic E-state index is 11.3. The smallest absolute Gasteiger partial charge is 0.337 e. The zero-order chi connectivity index (χ0) is 14.4. The summed E-state index contributed by atoms with van der Waals surface area (Å²) in [6.45, 7) is 0.535. The fourth-order valence-corrected chi connectivity index (χ4v) is 1.89. The molecule has 4 heteroatoms. The number of hydrogen-bond acceptors (Lipinski definition) is 4. The normalized spacial score (nSPS) is 17.0. The topological polar surface area (TPSA) is 59.3 Å². The first kappa shape index (κ1) is 13.9. The maximum Gasteiger partial charge on any atom is 0.337 e. The van der Waals surface area contributed by atoms with E-state index < -0.39 is 0 Å². The second-order valence-corrected chi connectivity index (χ2v) is 4.45. The molecule has 0 aliphatic heterocycles. The Bertz CT molecular complexity index is 579. The van der Waals surface area contributed by atoms with E-state index in [1.165, 1.54) is 7.11 Å². The molecule has 0 bridgehead atoms. The minimum atomic E-state index is -0.312. The second-order valence-electron chi connectivity index (χ2n) is 4.45. The third-order valence-corrected chi connectivity index (χ3v) is 3.06. The molecule has 0 N–H and O–H groups in total. The molecule has 0 saturated carbocycles. The van der Waals surface area contributed by atoms with Crippen molar-refractivity contribution >= 4 is 5.97 Å². The molecule has 1 aliphatic carbocycles. The number of nitriles is 1. The standard InChI is InChI=1S/C16H15NO3/c1-19-16(18)14-6-2-13(3-7-14)11-20-15-8-4-12(10-17)5-9-15/h2,4-9,13H,3,11H2,1H3. The van der Waals surface area contributed by atoms with Gasteiger partial charge >= 0.3 is 5.97 Å². The highest BCUT2D eigenvalue weighted by Crippen LogP contribution is 2.19. The molecule has 1 atom stereocenters. The second kappa shape index (κ2) is 6.58. The van der Waals surface area contributed by atoms with Crippen molar-refractivity contribution in [2.24, 2.45) is 5.92 Å². The van der Waals surface area contributed by atoms with Gasteiger partial charge in [-0.3, -0.25) is 0 Å².